The van der Waals surface area contributed by atoms with Gasteiger partial charge in [-0.15, -0.1) is 11.3 Å². The molecule has 2 unspecified atom stereocenters. The maximum absolute atomic E-state index is 14.3. The number of aryl methyl sites for hydroxylation is 1. The fraction of sp³-hybridized carbons (Fsp3) is 0.429. The van der Waals surface area contributed by atoms with Crippen LogP contribution in [0.25, 0.3) is 5.57 Å². The minimum Gasteiger partial charge on any atom is -0.358 e. The van der Waals surface area contributed by atoms with Gasteiger partial charge in [0.15, 0.2) is 0 Å². The first-order chi connectivity index (χ1) is 14.0. The Morgan fingerprint density at radius 2 is 2.34 bits per heavy atom. The van der Waals surface area contributed by atoms with Crippen molar-refractivity contribution in [3.8, 4) is 0 Å². The van der Waals surface area contributed by atoms with Gasteiger partial charge in [0, 0.05) is 67.5 Å². The molecular formula is C21H25F2N5S. The average molecular weight is 418 g/mol. The molecule has 29 heavy (non-hydrogen) atoms. The van der Waals surface area contributed by atoms with Crippen LogP contribution in [0, 0.1) is 6.92 Å². The van der Waals surface area contributed by atoms with Gasteiger partial charge in [-0.05, 0) is 24.6 Å². The van der Waals surface area contributed by atoms with E-state index in [0.717, 1.165) is 39.9 Å². The zero-order valence-electron chi connectivity index (χ0n) is 16.6. The Hall–Kier alpha value is -2.32. The first-order valence-electron chi connectivity index (χ1n) is 9.77. The number of aromatic amines is 1. The molecule has 0 radical (unpaired) electrons. The highest BCUT2D eigenvalue weighted by atomic mass is 32.1. The number of thiazole rings is 1. The van der Waals surface area contributed by atoms with Gasteiger partial charge in [-0.1, -0.05) is 6.08 Å². The van der Waals surface area contributed by atoms with Crippen LogP contribution in [0.3, 0.4) is 0 Å². The van der Waals surface area contributed by atoms with E-state index < -0.39 is 12.0 Å². The summed E-state index contributed by atoms with van der Waals surface area (Å²) in [7, 11) is 1.73. The molecule has 0 saturated carbocycles. The first-order valence-corrected chi connectivity index (χ1v) is 10.6. The highest BCUT2D eigenvalue weighted by Gasteiger charge is 2.27. The van der Waals surface area contributed by atoms with E-state index in [-0.39, 0.29) is 18.0 Å². The van der Waals surface area contributed by atoms with Crippen LogP contribution in [0.5, 0.6) is 0 Å². The largest absolute Gasteiger partial charge is 0.358 e. The van der Waals surface area contributed by atoms with Crippen molar-refractivity contribution in [2.24, 2.45) is 10.7 Å². The average Bonchev–Trinajstić information content (AvgIpc) is 3.28. The molecule has 0 bridgehead atoms. The van der Waals surface area contributed by atoms with Crippen molar-refractivity contribution in [3.05, 3.63) is 50.9 Å². The molecule has 2 aromatic heterocycles. The Morgan fingerprint density at radius 1 is 1.52 bits per heavy atom. The number of nitrogens with one attached hydrogen (secondary N) is 1. The summed E-state index contributed by atoms with van der Waals surface area (Å²) in [5, 5.41) is 0.902. The topological polar surface area (TPSA) is 70.3 Å². The number of aromatic nitrogens is 2. The van der Waals surface area contributed by atoms with Crippen molar-refractivity contribution in [1.29, 1.82) is 0 Å². The molecule has 2 atom stereocenters. The predicted molar refractivity (Wildman–Crippen MR) is 115 cm³/mol. The SMILES string of the molecule is CN=CCC(N)c1nc(N2CCc3[nH]c(C4=C(F)C=CCC4F)cc3C2)c(C)s1. The maximum atomic E-state index is 14.3. The fourth-order valence-corrected chi connectivity index (χ4v) is 4.85. The van der Waals surface area contributed by atoms with E-state index >= 15 is 0 Å². The number of fused-ring (bicyclic) bond motifs is 1. The number of rotatable bonds is 5. The summed E-state index contributed by atoms with van der Waals surface area (Å²) in [5.41, 5.74) is 9.01. The third kappa shape index (κ3) is 3.91. The molecule has 2 aromatic rings. The maximum Gasteiger partial charge on any atom is 0.143 e. The summed E-state index contributed by atoms with van der Waals surface area (Å²) in [6.45, 7) is 3.50. The normalized spacial score (nSPS) is 20.6. The second-order valence-corrected chi connectivity index (χ2v) is 8.68. The van der Waals surface area contributed by atoms with E-state index in [0.29, 0.717) is 18.7 Å². The Bertz CT molecular complexity index is 987. The van der Waals surface area contributed by atoms with E-state index in [1.807, 2.05) is 12.3 Å². The van der Waals surface area contributed by atoms with E-state index in [2.05, 4.69) is 21.8 Å². The van der Waals surface area contributed by atoms with Gasteiger partial charge in [-0.25, -0.2) is 13.8 Å². The number of anilines is 1. The predicted octanol–water partition coefficient (Wildman–Crippen LogP) is 4.41. The quantitative estimate of drug-likeness (QED) is 0.708. The van der Waals surface area contributed by atoms with E-state index in [1.54, 1.807) is 18.4 Å². The molecule has 0 saturated heterocycles. The molecule has 154 valence electrons. The zero-order valence-corrected chi connectivity index (χ0v) is 17.4. The smallest absolute Gasteiger partial charge is 0.143 e. The number of alkyl halides is 1. The van der Waals surface area contributed by atoms with Crippen LogP contribution in [-0.2, 0) is 13.0 Å². The Balaban J connectivity index is 1.56. The van der Waals surface area contributed by atoms with Gasteiger partial charge in [-0.2, -0.15) is 0 Å². The Morgan fingerprint density at radius 3 is 3.10 bits per heavy atom. The van der Waals surface area contributed by atoms with Crippen molar-refractivity contribution in [2.75, 3.05) is 18.5 Å². The summed E-state index contributed by atoms with van der Waals surface area (Å²) < 4.78 is 28.5. The molecule has 1 aliphatic heterocycles. The summed E-state index contributed by atoms with van der Waals surface area (Å²) in [5.74, 6) is 0.445. The second kappa shape index (κ2) is 8.20. The number of aliphatic imine (C=N–C) groups is 1. The summed E-state index contributed by atoms with van der Waals surface area (Å²) in [6, 6.07) is 1.72. The number of hydrogen-bond acceptors (Lipinski definition) is 5. The van der Waals surface area contributed by atoms with Crippen LogP contribution in [0.15, 0.2) is 29.0 Å². The number of halogens is 2. The van der Waals surface area contributed by atoms with Crippen LogP contribution in [0.1, 0.15) is 45.7 Å². The van der Waals surface area contributed by atoms with Crippen LogP contribution in [0.4, 0.5) is 14.6 Å². The third-order valence-electron chi connectivity index (χ3n) is 5.40. The third-order valence-corrected chi connectivity index (χ3v) is 6.49. The van der Waals surface area contributed by atoms with Gasteiger partial charge in [0.2, 0.25) is 0 Å². The highest BCUT2D eigenvalue weighted by molar-refractivity contribution is 7.12. The fourth-order valence-electron chi connectivity index (χ4n) is 3.89. The molecule has 0 spiro atoms. The molecular weight excluding hydrogens is 392 g/mol. The summed E-state index contributed by atoms with van der Waals surface area (Å²) in [6.07, 6.45) is 5.03. The van der Waals surface area contributed by atoms with E-state index in [9.17, 15) is 8.78 Å². The lowest BCUT2D eigenvalue weighted by Gasteiger charge is -2.27. The molecule has 8 heteroatoms. The van der Waals surface area contributed by atoms with Crippen LogP contribution in [-0.4, -0.2) is 35.9 Å². The molecule has 0 amide bonds. The minimum absolute atomic E-state index is 0.129. The zero-order chi connectivity index (χ0) is 20.5. The van der Waals surface area contributed by atoms with Gasteiger partial charge < -0.3 is 20.6 Å². The Kier molecular flexibility index (Phi) is 5.65. The highest BCUT2D eigenvalue weighted by Crippen LogP contribution is 2.36. The van der Waals surface area contributed by atoms with Gasteiger partial charge in [-0.3, -0.25) is 0 Å². The first kappa shape index (κ1) is 20.0. The van der Waals surface area contributed by atoms with Gasteiger partial charge in [0.1, 0.15) is 22.8 Å². The van der Waals surface area contributed by atoms with Gasteiger partial charge in [0.05, 0.1) is 6.04 Å². The van der Waals surface area contributed by atoms with Crippen LogP contribution >= 0.6 is 11.3 Å². The van der Waals surface area contributed by atoms with Crippen LogP contribution in [0.2, 0.25) is 0 Å². The summed E-state index contributed by atoms with van der Waals surface area (Å²) >= 11 is 1.61. The molecule has 4 rings (SSSR count). The molecule has 3 heterocycles. The molecule has 0 aromatic carbocycles. The molecule has 0 fully saturated rings. The van der Waals surface area contributed by atoms with Crippen molar-refractivity contribution in [3.63, 3.8) is 0 Å². The van der Waals surface area contributed by atoms with Crippen molar-refractivity contribution >= 4 is 28.9 Å². The summed E-state index contributed by atoms with van der Waals surface area (Å²) in [4.78, 5) is 15.4. The number of nitrogens with zero attached hydrogens (tertiary/aromatic N) is 3. The lowest BCUT2D eigenvalue weighted by molar-refractivity contribution is 0.405. The van der Waals surface area contributed by atoms with Crippen molar-refractivity contribution < 1.29 is 8.78 Å². The van der Waals surface area contributed by atoms with E-state index in [4.69, 9.17) is 10.7 Å². The molecule has 3 N–H and O–H groups in total. The Labute approximate surface area is 173 Å². The lowest BCUT2D eigenvalue weighted by atomic mass is 9.99. The number of nitrogens with two attached hydrogens (primary N) is 1. The standard InChI is InChI=1S/C21H25F2N5S/c1-12-20(27-21(29-12)16(24)6-8-25-2)28-9-7-17-13(11-28)10-18(26-17)19-14(22)4-3-5-15(19)23/h3-4,8,10,15-16,26H,5-7,9,11,24H2,1-2H3. The van der Waals surface area contributed by atoms with Gasteiger partial charge in [0.25, 0.3) is 0 Å². The molecule has 1 aliphatic carbocycles. The number of H-pyrrole nitrogens is 1. The van der Waals surface area contributed by atoms with Crippen molar-refractivity contribution in [1.82, 2.24) is 9.97 Å². The number of hydrogen-bond donors (Lipinski definition) is 2. The van der Waals surface area contributed by atoms with Gasteiger partial charge >= 0.3 is 0 Å². The van der Waals surface area contributed by atoms with Crippen molar-refractivity contribution in [2.45, 2.75) is 44.9 Å². The molecule has 5 nitrogen and oxygen atoms in total. The molecule has 2 aliphatic rings. The monoisotopic (exact) mass is 417 g/mol. The van der Waals surface area contributed by atoms with Crippen LogP contribution < -0.4 is 10.6 Å². The van der Waals surface area contributed by atoms with E-state index in [1.165, 1.54) is 12.2 Å². The number of allylic oxidation sites excluding steroid dienone is 4. The minimum atomic E-state index is -1.31. The lowest BCUT2D eigenvalue weighted by Crippen LogP contribution is -2.30. The second-order valence-electron chi connectivity index (χ2n) is 7.44.